The molecule has 6 atom stereocenters. The molecule has 4 aromatic carbocycles. The first-order valence-electron chi connectivity index (χ1n) is 17.1. The van der Waals surface area contributed by atoms with Crippen molar-refractivity contribution in [1.29, 1.82) is 0 Å². The molecule has 1 saturated carbocycles. The van der Waals surface area contributed by atoms with Crippen molar-refractivity contribution in [2.45, 2.75) is 44.4 Å². The van der Waals surface area contributed by atoms with Gasteiger partial charge >= 0.3 is 0 Å². The zero-order chi connectivity index (χ0) is 34.0. The molecule has 1 saturated heterocycles. The number of imide groups is 1. The van der Waals surface area contributed by atoms with Crippen LogP contribution in [-0.4, -0.2) is 28.5 Å². The monoisotopic (exact) mass is 647 g/mol. The number of anilines is 1. The Kier molecular flexibility index (Phi) is 7.36. The molecule has 2 amide bonds. The molecule has 2 fully saturated rings. The Bertz CT molecular complexity index is 2080. The predicted octanol–water partition coefficient (Wildman–Crippen LogP) is 7.29. The van der Waals surface area contributed by atoms with Crippen LogP contribution in [0.1, 0.15) is 53.5 Å². The van der Waals surface area contributed by atoms with Crippen molar-refractivity contribution >= 4 is 34.6 Å². The van der Waals surface area contributed by atoms with Crippen molar-refractivity contribution in [3.63, 3.8) is 0 Å². The van der Waals surface area contributed by atoms with Crippen LogP contribution in [0.3, 0.4) is 0 Å². The van der Waals surface area contributed by atoms with E-state index in [9.17, 15) is 14.7 Å². The highest BCUT2D eigenvalue weighted by atomic mass is 16.3. The van der Waals surface area contributed by atoms with Gasteiger partial charge in [0.2, 0.25) is 11.8 Å². The fourth-order valence-electron chi connectivity index (χ4n) is 9.27. The number of phenolic OH excluding ortho intramolecular Hbond substituents is 1. The summed E-state index contributed by atoms with van der Waals surface area (Å²) in [6, 6.07) is 31.7. The van der Waals surface area contributed by atoms with Gasteiger partial charge < -0.3 is 5.11 Å². The van der Waals surface area contributed by atoms with Crippen LogP contribution in [0.4, 0.5) is 5.69 Å². The van der Waals surface area contributed by atoms with Gasteiger partial charge in [0.05, 0.1) is 22.9 Å². The second-order valence-corrected chi connectivity index (χ2v) is 13.8. The Hall–Kier alpha value is -5.36. The quantitative estimate of drug-likeness (QED) is 0.182. The minimum Gasteiger partial charge on any atom is -0.507 e. The van der Waals surface area contributed by atoms with Crippen molar-refractivity contribution in [3.8, 4) is 5.75 Å². The Morgan fingerprint density at radius 3 is 2.18 bits per heavy atom. The number of carbonyl (C=O) groups excluding carboxylic acids is 4. The summed E-state index contributed by atoms with van der Waals surface area (Å²) in [5.41, 5.74) is 4.02. The summed E-state index contributed by atoms with van der Waals surface area (Å²) in [5.74, 6) is -4.19. The molecular weight excluding hydrogens is 610 g/mol. The number of ketones is 2. The number of Topliss-reactive ketones (excluding diaryl/α,β-unsaturated/α-hetero) is 1. The van der Waals surface area contributed by atoms with E-state index in [0.717, 1.165) is 17.6 Å². The van der Waals surface area contributed by atoms with Crippen LogP contribution in [0.15, 0.2) is 121 Å². The number of hydrogen-bond donors (Lipinski definition) is 1. The fraction of sp³-hybridized carbons (Fsp3) is 0.256. The summed E-state index contributed by atoms with van der Waals surface area (Å²) in [5, 5.41) is 11.7. The molecule has 6 nitrogen and oxygen atoms in total. The van der Waals surface area contributed by atoms with Gasteiger partial charge in [0, 0.05) is 23.0 Å². The SMILES string of the molecule is CCc1ccc(N2C(=O)[C@H]3[C@H](CC=C4[C@H]3C[C@H]3C(=O)C(c5ccccc5)=CC(=O)[C@@]3(c3ccccc3)[C@H]4c3cccc(C)c3O)C2=O)cc1. The maximum Gasteiger partial charge on any atom is 0.238 e. The molecule has 49 heavy (non-hydrogen) atoms. The molecule has 0 unspecified atom stereocenters. The molecule has 1 heterocycles. The Balaban J connectivity index is 1.35. The number of amides is 2. The van der Waals surface area contributed by atoms with Gasteiger partial charge in [0.15, 0.2) is 11.6 Å². The second-order valence-electron chi connectivity index (χ2n) is 13.8. The molecule has 0 aromatic heterocycles. The van der Waals surface area contributed by atoms with Gasteiger partial charge in [-0.15, -0.1) is 0 Å². The Labute approximate surface area is 285 Å². The molecule has 1 aliphatic heterocycles. The minimum atomic E-state index is -1.38. The molecule has 1 N–H and O–H groups in total. The summed E-state index contributed by atoms with van der Waals surface area (Å²) < 4.78 is 0. The maximum atomic E-state index is 15.1. The van der Waals surface area contributed by atoms with Crippen LogP contribution in [0, 0.1) is 30.6 Å². The average molecular weight is 648 g/mol. The molecule has 4 aliphatic rings. The smallest absolute Gasteiger partial charge is 0.238 e. The van der Waals surface area contributed by atoms with Gasteiger partial charge in [-0.05, 0) is 72.6 Å². The molecular formula is C43H37NO5. The number of carbonyl (C=O) groups is 4. The molecule has 0 radical (unpaired) electrons. The van der Waals surface area contributed by atoms with Crippen molar-refractivity contribution < 1.29 is 24.3 Å². The summed E-state index contributed by atoms with van der Waals surface area (Å²) in [6.07, 6.45) is 4.92. The first kappa shape index (κ1) is 30.9. The highest BCUT2D eigenvalue weighted by molar-refractivity contribution is 6.32. The number of aromatic hydroxyl groups is 1. The highest BCUT2D eigenvalue weighted by Crippen LogP contribution is 2.64. The lowest BCUT2D eigenvalue weighted by atomic mass is 9.44. The Morgan fingerprint density at radius 2 is 1.49 bits per heavy atom. The fourth-order valence-corrected chi connectivity index (χ4v) is 9.27. The number of para-hydroxylation sites is 1. The number of benzene rings is 4. The molecule has 0 spiro atoms. The largest absolute Gasteiger partial charge is 0.507 e. The first-order valence-corrected chi connectivity index (χ1v) is 17.1. The maximum absolute atomic E-state index is 15.1. The van der Waals surface area contributed by atoms with Crippen LogP contribution < -0.4 is 4.90 Å². The molecule has 3 aliphatic carbocycles. The van der Waals surface area contributed by atoms with Gasteiger partial charge in [0.1, 0.15) is 5.75 Å². The van der Waals surface area contributed by atoms with E-state index in [4.69, 9.17) is 0 Å². The average Bonchev–Trinajstić information content (AvgIpc) is 3.39. The zero-order valence-corrected chi connectivity index (χ0v) is 27.5. The van der Waals surface area contributed by atoms with E-state index in [-0.39, 0.29) is 35.6 Å². The number of allylic oxidation sites excluding steroid dienone is 4. The standard InChI is InChI=1S/C43H37NO5/c1-3-26-17-19-29(20-18-26)44-41(48)31-22-21-30-34(37(31)42(44)49)23-35-40(47)33(27-12-6-4-7-13-27)24-36(45)43(35,28-14-8-5-9-15-28)38(30)32-16-10-11-25(2)39(32)46/h4-21,24,31,34-35,37-38,46H,3,22-23H2,1-2H3/t31-,34+,35-,37-,38+,43-/m0/s1. The van der Waals surface area contributed by atoms with Crippen LogP contribution >= 0.6 is 0 Å². The van der Waals surface area contributed by atoms with Gasteiger partial charge in [-0.2, -0.15) is 0 Å². The second kappa shape index (κ2) is 11.7. The zero-order valence-electron chi connectivity index (χ0n) is 27.5. The number of hydrogen-bond acceptors (Lipinski definition) is 5. The molecule has 6 heteroatoms. The normalized spacial score (nSPS) is 27.6. The lowest BCUT2D eigenvalue weighted by molar-refractivity contribution is -0.135. The number of fused-ring (bicyclic) bond motifs is 4. The highest BCUT2D eigenvalue weighted by Gasteiger charge is 2.66. The number of nitrogens with zero attached hydrogens (tertiary/aromatic N) is 1. The summed E-state index contributed by atoms with van der Waals surface area (Å²) >= 11 is 0. The third-order valence-corrected chi connectivity index (χ3v) is 11.6. The topological polar surface area (TPSA) is 91.8 Å². The predicted molar refractivity (Wildman–Crippen MR) is 188 cm³/mol. The van der Waals surface area contributed by atoms with Gasteiger partial charge in [0.25, 0.3) is 0 Å². The van der Waals surface area contributed by atoms with Gasteiger partial charge in [-0.3, -0.25) is 24.1 Å². The number of rotatable bonds is 5. The van der Waals surface area contributed by atoms with Crippen LogP contribution in [0.5, 0.6) is 5.75 Å². The molecule has 4 aromatic rings. The summed E-state index contributed by atoms with van der Waals surface area (Å²) in [4.78, 5) is 60.0. The molecule has 0 bridgehead atoms. The summed E-state index contributed by atoms with van der Waals surface area (Å²) in [7, 11) is 0. The van der Waals surface area contributed by atoms with E-state index in [1.807, 2.05) is 116 Å². The van der Waals surface area contributed by atoms with Crippen molar-refractivity contribution in [2.75, 3.05) is 4.90 Å². The van der Waals surface area contributed by atoms with E-state index in [1.54, 1.807) is 0 Å². The van der Waals surface area contributed by atoms with Crippen LogP contribution in [0.2, 0.25) is 0 Å². The van der Waals surface area contributed by atoms with Crippen molar-refractivity contribution in [1.82, 2.24) is 0 Å². The number of aryl methyl sites for hydroxylation is 2. The third kappa shape index (κ3) is 4.46. The summed E-state index contributed by atoms with van der Waals surface area (Å²) in [6.45, 7) is 3.87. The van der Waals surface area contributed by atoms with E-state index in [2.05, 4.69) is 6.92 Å². The lowest BCUT2D eigenvalue weighted by Crippen LogP contribution is -2.58. The van der Waals surface area contributed by atoms with Gasteiger partial charge in [-0.1, -0.05) is 110 Å². The van der Waals surface area contributed by atoms with Crippen LogP contribution in [0.25, 0.3) is 5.57 Å². The minimum absolute atomic E-state index is 0.0646. The number of phenols is 1. The van der Waals surface area contributed by atoms with E-state index in [0.29, 0.717) is 39.9 Å². The molecule has 244 valence electrons. The van der Waals surface area contributed by atoms with Gasteiger partial charge in [-0.25, -0.2) is 0 Å². The molecule has 8 rings (SSSR count). The van der Waals surface area contributed by atoms with Crippen LogP contribution in [-0.2, 0) is 31.0 Å². The van der Waals surface area contributed by atoms with Crippen molar-refractivity contribution in [2.24, 2.45) is 23.7 Å². The van der Waals surface area contributed by atoms with E-state index >= 15 is 9.59 Å². The first-order chi connectivity index (χ1) is 23.8. The van der Waals surface area contributed by atoms with Crippen molar-refractivity contribution in [3.05, 3.63) is 149 Å². The Morgan fingerprint density at radius 1 is 0.796 bits per heavy atom. The third-order valence-electron chi connectivity index (χ3n) is 11.6. The van der Waals surface area contributed by atoms with E-state index in [1.165, 1.54) is 11.0 Å². The lowest BCUT2D eigenvalue weighted by Gasteiger charge is -2.55. The van der Waals surface area contributed by atoms with E-state index < -0.39 is 35.0 Å².